The second kappa shape index (κ2) is 12.7. The molecule has 0 saturated carbocycles. The number of aliphatic hydroxyl groups is 1. The highest BCUT2D eigenvalue weighted by Crippen LogP contribution is 2.36. The molecule has 4 heterocycles. The quantitative estimate of drug-likeness (QED) is 0.386. The maximum Gasteiger partial charge on any atom is 0.256 e. The Kier molecular flexibility index (Phi) is 9.23. The van der Waals surface area contributed by atoms with Crippen LogP contribution < -0.4 is 0 Å². The fraction of sp³-hybridized carbons (Fsp3) is 0.559. The molecule has 1 aromatic carbocycles. The van der Waals surface area contributed by atoms with E-state index in [1.807, 2.05) is 35.7 Å². The van der Waals surface area contributed by atoms with E-state index >= 15 is 0 Å². The van der Waals surface area contributed by atoms with E-state index in [9.17, 15) is 19.1 Å². The van der Waals surface area contributed by atoms with Crippen LogP contribution in [0.3, 0.4) is 0 Å². The number of pyridine rings is 1. The summed E-state index contributed by atoms with van der Waals surface area (Å²) in [5.41, 5.74) is 4.28. The number of aryl methyl sites for hydroxylation is 1. The number of carbonyl (C=O) groups is 2. The summed E-state index contributed by atoms with van der Waals surface area (Å²) in [6.07, 6.45) is 9.93. The first kappa shape index (κ1) is 31.1. The lowest BCUT2D eigenvalue weighted by Crippen LogP contribution is -2.45. The number of nitrogens with zero attached hydrogens (tertiary/aromatic N) is 5. The Morgan fingerprint density at radius 2 is 1.93 bits per heavy atom. The molecule has 2 aliphatic rings. The second-order valence-corrected chi connectivity index (χ2v) is 13.3. The molecule has 9 heteroatoms. The molecule has 2 aromatic heterocycles. The maximum absolute atomic E-state index is 14.6. The second-order valence-electron chi connectivity index (χ2n) is 13.3. The van der Waals surface area contributed by atoms with Gasteiger partial charge in [-0.25, -0.2) is 4.39 Å². The molecule has 1 N–H and O–H groups in total. The molecule has 0 bridgehead atoms. The van der Waals surface area contributed by atoms with Gasteiger partial charge in [-0.2, -0.15) is 0 Å². The van der Waals surface area contributed by atoms with Crippen molar-refractivity contribution in [1.29, 1.82) is 0 Å². The van der Waals surface area contributed by atoms with E-state index < -0.39 is 5.82 Å². The SMILES string of the molecule is CC(=O)N1CCC(C)(CN2CC[C@@H](Cc3cn(-c4ccc(F)cc4C(=O)N(CCO)C(C)C)c4cncc(C)c34)C2)CC1. The van der Waals surface area contributed by atoms with E-state index in [0.29, 0.717) is 11.6 Å². The van der Waals surface area contributed by atoms with Crippen LogP contribution in [0.5, 0.6) is 0 Å². The fourth-order valence-corrected chi connectivity index (χ4v) is 7.14. The van der Waals surface area contributed by atoms with Gasteiger partial charge in [0.15, 0.2) is 0 Å². The van der Waals surface area contributed by atoms with Crippen LogP contribution in [0.25, 0.3) is 16.6 Å². The Balaban J connectivity index is 1.40. The van der Waals surface area contributed by atoms with E-state index in [1.165, 1.54) is 17.7 Å². The molecule has 3 aromatic rings. The minimum absolute atomic E-state index is 0.147. The number of hydrogen-bond donors (Lipinski definition) is 1. The predicted octanol–water partition coefficient (Wildman–Crippen LogP) is 4.83. The van der Waals surface area contributed by atoms with Gasteiger partial charge < -0.3 is 24.4 Å². The summed E-state index contributed by atoms with van der Waals surface area (Å²) < 4.78 is 16.5. The average molecular weight is 592 g/mol. The van der Waals surface area contributed by atoms with Gasteiger partial charge in [0.25, 0.3) is 5.91 Å². The molecule has 2 fully saturated rings. The van der Waals surface area contributed by atoms with Crippen LogP contribution in [0, 0.1) is 24.1 Å². The Bertz CT molecular complexity index is 1480. The van der Waals surface area contributed by atoms with E-state index in [0.717, 1.165) is 74.9 Å². The zero-order chi connectivity index (χ0) is 30.9. The van der Waals surface area contributed by atoms with Crippen molar-refractivity contribution in [2.24, 2.45) is 11.3 Å². The van der Waals surface area contributed by atoms with Gasteiger partial charge in [-0.3, -0.25) is 14.6 Å². The molecule has 2 aliphatic heterocycles. The molecule has 1 atom stereocenters. The van der Waals surface area contributed by atoms with Gasteiger partial charge >= 0.3 is 0 Å². The highest BCUT2D eigenvalue weighted by Gasteiger charge is 2.35. The summed E-state index contributed by atoms with van der Waals surface area (Å²) in [7, 11) is 0. The number of likely N-dealkylation sites (tertiary alicyclic amines) is 2. The van der Waals surface area contributed by atoms with Crippen molar-refractivity contribution in [1.82, 2.24) is 24.3 Å². The Morgan fingerprint density at radius 1 is 1.19 bits per heavy atom. The predicted molar refractivity (Wildman–Crippen MR) is 167 cm³/mol. The molecule has 8 nitrogen and oxygen atoms in total. The normalized spacial score (nSPS) is 19.0. The summed E-state index contributed by atoms with van der Waals surface area (Å²) in [5, 5.41) is 10.7. The average Bonchev–Trinajstić information content (AvgIpc) is 3.55. The Hall–Kier alpha value is -3.30. The zero-order valence-corrected chi connectivity index (χ0v) is 26.3. The van der Waals surface area contributed by atoms with Crippen LogP contribution in [0.4, 0.5) is 4.39 Å². The topological polar surface area (TPSA) is 81.9 Å². The van der Waals surface area contributed by atoms with E-state index in [1.54, 1.807) is 17.9 Å². The maximum atomic E-state index is 14.6. The van der Waals surface area contributed by atoms with Gasteiger partial charge in [-0.15, -0.1) is 0 Å². The van der Waals surface area contributed by atoms with Gasteiger partial charge in [0, 0.05) is 63.5 Å². The minimum Gasteiger partial charge on any atom is -0.395 e. The van der Waals surface area contributed by atoms with Crippen LogP contribution in [0.15, 0.2) is 36.8 Å². The number of piperidine rings is 1. The number of aliphatic hydroxyl groups excluding tert-OH is 1. The number of hydrogen-bond acceptors (Lipinski definition) is 5. The summed E-state index contributed by atoms with van der Waals surface area (Å²) in [6, 6.07) is 4.21. The van der Waals surface area contributed by atoms with Crippen molar-refractivity contribution < 1.29 is 19.1 Å². The standard InChI is InChI=1S/C34H46FN5O3/c1-23(2)39(14-15-41)33(43)29-17-28(35)6-7-30(29)40-21-27(32-24(3)18-36-19-31(32)40)16-26-8-11-37(20-26)22-34(5)9-12-38(13-10-34)25(4)42/h6-7,17-19,21,23,26,41H,8-16,20,22H2,1-5H3/t26-/m0/s1. The number of amides is 2. The lowest BCUT2D eigenvalue weighted by atomic mass is 9.80. The lowest BCUT2D eigenvalue weighted by Gasteiger charge is -2.41. The van der Waals surface area contributed by atoms with Crippen LogP contribution in [-0.4, -0.2) is 93.1 Å². The summed E-state index contributed by atoms with van der Waals surface area (Å²) in [5.74, 6) is -0.107. The van der Waals surface area contributed by atoms with E-state index in [-0.39, 0.29) is 42.0 Å². The first-order chi connectivity index (χ1) is 20.5. The molecule has 2 amide bonds. The molecular weight excluding hydrogens is 545 g/mol. The van der Waals surface area contributed by atoms with Gasteiger partial charge in [-0.1, -0.05) is 6.92 Å². The highest BCUT2D eigenvalue weighted by molar-refractivity contribution is 5.99. The van der Waals surface area contributed by atoms with Crippen molar-refractivity contribution in [3.8, 4) is 5.69 Å². The highest BCUT2D eigenvalue weighted by atomic mass is 19.1. The molecule has 5 rings (SSSR count). The van der Waals surface area contributed by atoms with Gasteiger partial charge in [0.05, 0.1) is 29.6 Å². The first-order valence-corrected chi connectivity index (χ1v) is 15.6. The Labute approximate surface area is 254 Å². The Morgan fingerprint density at radius 3 is 2.60 bits per heavy atom. The lowest BCUT2D eigenvalue weighted by molar-refractivity contribution is -0.131. The molecular formula is C34H46FN5O3. The molecule has 0 radical (unpaired) electrons. The number of carbonyl (C=O) groups excluding carboxylic acids is 2. The van der Waals surface area contributed by atoms with Crippen LogP contribution >= 0.6 is 0 Å². The zero-order valence-electron chi connectivity index (χ0n) is 26.3. The summed E-state index contributed by atoms with van der Waals surface area (Å²) in [6.45, 7) is 14.7. The van der Waals surface area contributed by atoms with Gasteiger partial charge in [-0.05, 0) is 93.7 Å². The van der Waals surface area contributed by atoms with Gasteiger partial charge in [0.2, 0.25) is 5.91 Å². The van der Waals surface area contributed by atoms with E-state index in [2.05, 4.69) is 29.9 Å². The largest absolute Gasteiger partial charge is 0.395 e. The van der Waals surface area contributed by atoms with Crippen LogP contribution in [0.2, 0.25) is 0 Å². The van der Waals surface area contributed by atoms with E-state index in [4.69, 9.17) is 0 Å². The van der Waals surface area contributed by atoms with Gasteiger partial charge in [0.1, 0.15) is 5.82 Å². The number of benzene rings is 1. The van der Waals surface area contributed by atoms with Crippen molar-refractivity contribution in [3.05, 3.63) is 59.3 Å². The number of fused-ring (bicyclic) bond motifs is 1. The summed E-state index contributed by atoms with van der Waals surface area (Å²) >= 11 is 0. The molecule has 0 unspecified atom stereocenters. The third-order valence-corrected chi connectivity index (χ3v) is 9.55. The third-order valence-electron chi connectivity index (χ3n) is 9.55. The van der Waals surface area contributed by atoms with Crippen molar-refractivity contribution in [2.75, 3.05) is 45.9 Å². The van der Waals surface area contributed by atoms with Crippen molar-refractivity contribution in [3.63, 3.8) is 0 Å². The molecule has 43 heavy (non-hydrogen) atoms. The molecule has 2 saturated heterocycles. The smallest absolute Gasteiger partial charge is 0.256 e. The minimum atomic E-state index is -0.475. The monoisotopic (exact) mass is 591 g/mol. The molecule has 232 valence electrons. The fourth-order valence-electron chi connectivity index (χ4n) is 7.14. The number of rotatable bonds is 9. The van der Waals surface area contributed by atoms with Crippen molar-refractivity contribution in [2.45, 2.75) is 66.3 Å². The summed E-state index contributed by atoms with van der Waals surface area (Å²) in [4.78, 5) is 36.1. The molecule has 0 aliphatic carbocycles. The third kappa shape index (κ3) is 6.63. The first-order valence-electron chi connectivity index (χ1n) is 15.6. The van der Waals surface area contributed by atoms with Crippen LogP contribution in [-0.2, 0) is 11.2 Å². The van der Waals surface area contributed by atoms with Crippen molar-refractivity contribution >= 4 is 22.7 Å². The van der Waals surface area contributed by atoms with Crippen LogP contribution in [0.1, 0.15) is 68.4 Å². The molecule has 0 spiro atoms. The number of halogens is 1. The number of aromatic nitrogens is 2.